The van der Waals surface area contributed by atoms with Gasteiger partial charge in [0.05, 0.1) is 10.9 Å². The van der Waals surface area contributed by atoms with Gasteiger partial charge in [-0.05, 0) is 71.4 Å². The highest BCUT2D eigenvalue weighted by Crippen LogP contribution is 2.24. The predicted octanol–water partition coefficient (Wildman–Crippen LogP) is 7.62. The Morgan fingerprint density at radius 3 is 2.15 bits per heavy atom. The molecule has 0 aliphatic heterocycles. The Kier molecular flexibility index (Phi) is 11.5. The van der Waals surface area contributed by atoms with Crippen molar-refractivity contribution in [3.8, 4) is 11.1 Å². The zero-order valence-corrected chi connectivity index (χ0v) is 28.3. The van der Waals surface area contributed by atoms with Crippen LogP contribution >= 0.6 is 0 Å². The minimum Gasteiger partial charge on any atom is -0.336 e. The van der Waals surface area contributed by atoms with Crippen LogP contribution in [0.5, 0.6) is 0 Å². The molecule has 5 aromatic rings. The zero-order valence-electron chi connectivity index (χ0n) is 28.3. The number of carbonyl (C=O) groups is 1. The van der Waals surface area contributed by atoms with Gasteiger partial charge in [0, 0.05) is 26.1 Å². The van der Waals surface area contributed by atoms with E-state index in [2.05, 4.69) is 86.1 Å². The Balaban J connectivity index is 1.42. The average Bonchev–Trinajstić information content (AvgIpc) is 3.10. The summed E-state index contributed by atoms with van der Waals surface area (Å²) in [6.45, 7) is 11.9. The standard InChI is InChI=1S/C40H44F2N4O2/c1-5-44(6-2)24-25-45(26-29-14-16-31(17-15-29)32-20-18-30(19-21-32)28(3)4)38(47)27-46-36-13-8-7-11-34(36)40(48)43-37(46)23-22-33-10-9-12-35(41)39(33)42/h7-21,28H,5-6,22-27H2,1-4H3. The first-order valence-corrected chi connectivity index (χ1v) is 16.8. The van der Waals surface area contributed by atoms with Crippen molar-refractivity contribution in [3.63, 3.8) is 0 Å². The van der Waals surface area contributed by atoms with E-state index in [0.717, 1.165) is 35.8 Å². The van der Waals surface area contributed by atoms with Crippen LogP contribution in [0.3, 0.4) is 0 Å². The highest BCUT2D eigenvalue weighted by molar-refractivity contribution is 5.82. The van der Waals surface area contributed by atoms with Gasteiger partial charge in [-0.15, -0.1) is 0 Å². The third-order valence-corrected chi connectivity index (χ3v) is 9.08. The third-order valence-electron chi connectivity index (χ3n) is 9.08. The minimum atomic E-state index is -0.924. The summed E-state index contributed by atoms with van der Waals surface area (Å²) < 4.78 is 30.2. The molecular weight excluding hydrogens is 606 g/mol. The molecule has 0 fully saturated rings. The lowest BCUT2D eigenvalue weighted by atomic mass is 9.98. The van der Waals surface area contributed by atoms with E-state index >= 15 is 0 Å². The quantitative estimate of drug-likeness (QED) is 0.124. The van der Waals surface area contributed by atoms with Gasteiger partial charge in [-0.3, -0.25) is 9.59 Å². The minimum absolute atomic E-state index is 0.0483. The molecule has 1 aromatic heterocycles. The summed E-state index contributed by atoms with van der Waals surface area (Å²) in [6.07, 6.45) is 0.285. The summed E-state index contributed by atoms with van der Waals surface area (Å²) in [6, 6.07) is 28.1. The summed E-state index contributed by atoms with van der Waals surface area (Å²) in [5.41, 5.74) is 4.92. The van der Waals surface area contributed by atoms with E-state index in [9.17, 15) is 18.4 Å². The van der Waals surface area contributed by atoms with Gasteiger partial charge in [0.1, 0.15) is 12.4 Å². The smallest absolute Gasteiger partial charge is 0.280 e. The van der Waals surface area contributed by atoms with E-state index in [1.807, 2.05) is 11.0 Å². The fourth-order valence-electron chi connectivity index (χ4n) is 6.03. The molecule has 5 rings (SSSR count). The number of carbonyl (C=O) groups excluding carboxylic acids is 1. The molecule has 0 bridgehead atoms. The number of hydrogen-bond acceptors (Lipinski definition) is 4. The van der Waals surface area contributed by atoms with Crippen LogP contribution in [0.1, 0.15) is 56.1 Å². The average molecular weight is 651 g/mol. The molecule has 250 valence electrons. The number of para-hydroxylation sites is 1. The molecule has 48 heavy (non-hydrogen) atoms. The molecule has 1 heterocycles. The van der Waals surface area contributed by atoms with Crippen molar-refractivity contribution in [1.29, 1.82) is 0 Å². The lowest BCUT2D eigenvalue weighted by molar-refractivity contribution is -0.132. The van der Waals surface area contributed by atoms with Gasteiger partial charge in [0.2, 0.25) is 5.91 Å². The van der Waals surface area contributed by atoms with E-state index in [0.29, 0.717) is 42.3 Å². The first-order chi connectivity index (χ1) is 23.2. The maximum Gasteiger partial charge on any atom is 0.280 e. The Bertz CT molecular complexity index is 1900. The normalized spacial score (nSPS) is 11.5. The maximum absolute atomic E-state index is 14.5. The van der Waals surface area contributed by atoms with Crippen LogP contribution in [0.2, 0.25) is 0 Å². The predicted molar refractivity (Wildman–Crippen MR) is 189 cm³/mol. The van der Waals surface area contributed by atoms with E-state index < -0.39 is 17.2 Å². The van der Waals surface area contributed by atoms with Gasteiger partial charge in [-0.1, -0.05) is 100 Å². The Labute approximate surface area is 281 Å². The number of amides is 1. The first kappa shape index (κ1) is 34.6. The van der Waals surface area contributed by atoms with Crippen molar-refractivity contribution in [2.24, 2.45) is 0 Å². The van der Waals surface area contributed by atoms with Gasteiger partial charge in [-0.25, -0.2) is 8.78 Å². The van der Waals surface area contributed by atoms with Crippen LogP contribution < -0.4 is 5.56 Å². The fourth-order valence-corrected chi connectivity index (χ4v) is 6.03. The summed E-state index contributed by atoms with van der Waals surface area (Å²) in [5, 5.41) is 0.401. The van der Waals surface area contributed by atoms with Crippen molar-refractivity contribution in [3.05, 3.63) is 135 Å². The second kappa shape index (κ2) is 15.9. The monoisotopic (exact) mass is 650 g/mol. The molecule has 6 nitrogen and oxygen atoms in total. The number of halogens is 2. The Morgan fingerprint density at radius 1 is 0.812 bits per heavy atom. The van der Waals surface area contributed by atoms with Crippen molar-refractivity contribution in [2.75, 3.05) is 26.2 Å². The third kappa shape index (κ3) is 8.23. The molecule has 8 heteroatoms. The van der Waals surface area contributed by atoms with E-state index in [4.69, 9.17) is 0 Å². The van der Waals surface area contributed by atoms with Gasteiger partial charge in [0.15, 0.2) is 11.6 Å². The number of rotatable bonds is 14. The highest BCUT2D eigenvalue weighted by atomic mass is 19.2. The van der Waals surface area contributed by atoms with Gasteiger partial charge < -0.3 is 14.4 Å². The number of aromatic nitrogens is 2. The molecule has 0 spiro atoms. The van der Waals surface area contributed by atoms with Crippen molar-refractivity contribution < 1.29 is 13.6 Å². The molecule has 4 aromatic carbocycles. The van der Waals surface area contributed by atoms with E-state index in [1.165, 1.54) is 17.7 Å². The van der Waals surface area contributed by atoms with Crippen LogP contribution in [0, 0.1) is 11.6 Å². The molecule has 0 saturated carbocycles. The molecule has 0 saturated heterocycles. The summed E-state index contributed by atoms with van der Waals surface area (Å²) in [7, 11) is 0. The molecule has 0 atom stereocenters. The number of hydrogen-bond donors (Lipinski definition) is 0. The van der Waals surface area contributed by atoms with Crippen molar-refractivity contribution in [1.82, 2.24) is 19.4 Å². The first-order valence-electron chi connectivity index (χ1n) is 16.8. The molecule has 0 N–H and O–H groups in total. The van der Waals surface area contributed by atoms with Crippen LogP contribution in [0.25, 0.3) is 22.0 Å². The molecule has 0 radical (unpaired) electrons. The van der Waals surface area contributed by atoms with Gasteiger partial charge in [-0.2, -0.15) is 4.98 Å². The maximum atomic E-state index is 14.5. The summed E-state index contributed by atoms with van der Waals surface area (Å²) in [4.78, 5) is 35.7. The number of likely N-dealkylation sites (N-methyl/N-ethyl adjacent to an activating group) is 1. The number of benzene rings is 4. The molecular formula is C40H44F2N4O2. The van der Waals surface area contributed by atoms with Crippen LogP contribution in [0.4, 0.5) is 8.78 Å². The fraction of sp³-hybridized carbons (Fsp3) is 0.325. The number of aryl methyl sites for hydroxylation is 2. The van der Waals surface area contributed by atoms with Crippen LogP contribution in [0.15, 0.2) is 95.8 Å². The van der Waals surface area contributed by atoms with E-state index in [1.54, 1.807) is 22.8 Å². The molecule has 1 amide bonds. The topological polar surface area (TPSA) is 58.4 Å². The van der Waals surface area contributed by atoms with Crippen LogP contribution in [-0.2, 0) is 30.7 Å². The second-order valence-electron chi connectivity index (χ2n) is 12.5. The number of fused-ring (bicyclic) bond motifs is 1. The largest absolute Gasteiger partial charge is 0.336 e. The summed E-state index contributed by atoms with van der Waals surface area (Å²) >= 11 is 0. The van der Waals surface area contributed by atoms with E-state index in [-0.39, 0.29) is 30.9 Å². The Hall–Kier alpha value is -4.69. The summed E-state index contributed by atoms with van der Waals surface area (Å²) in [5.74, 6) is -1.13. The van der Waals surface area contributed by atoms with Gasteiger partial charge in [0.25, 0.3) is 5.56 Å². The van der Waals surface area contributed by atoms with Crippen LogP contribution in [-0.4, -0.2) is 51.4 Å². The second-order valence-corrected chi connectivity index (χ2v) is 12.5. The Morgan fingerprint density at radius 2 is 1.48 bits per heavy atom. The lowest BCUT2D eigenvalue weighted by Gasteiger charge is -2.28. The molecule has 0 aliphatic rings. The highest BCUT2D eigenvalue weighted by Gasteiger charge is 2.20. The number of nitrogens with zero attached hydrogens (tertiary/aromatic N) is 4. The SMILES string of the molecule is CCN(CC)CCN(Cc1ccc(-c2ccc(C(C)C)cc2)cc1)C(=O)Cn1c(CCc2cccc(F)c2F)nc(=O)c2ccccc21. The lowest BCUT2D eigenvalue weighted by Crippen LogP contribution is -2.40. The van der Waals surface area contributed by atoms with Gasteiger partial charge >= 0.3 is 0 Å². The molecule has 0 aliphatic carbocycles. The molecule has 0 unspecified atom stereocenters. The van der Waals surface area contributed by atoms with Crippen molar-refractivity contribution >= 4 is 16.8 Å². The van der Waals surface area contributed by atoms with Crippen molar-refractivity contribution in [2.45, 2.75) is 59.5 Å². The zero-order chi connectivity index (χ0) is 34.2.